The van der Waals surface area contributed by atoms with Crippen LogP contribution in [0.15, 0.2) is 30.3 Å². The molecule has 14 heavy (non-hydrogen) atoms. The van der Waals surface area contributed by atoms with E-state index in [-0.39, 0.29) is 0 Å². The lowest BCUT2D eigenvalue weighted by atomic mass is 10.1. The van der Waals surface area contributed by atoms with Gasteiger partial charge in [-0.05, 0) is 12.5 Å². The molecule has 0 unspecified atom stereocenters. The normalized spacial score (nSPS) is 11.5. The van der Waals surface area contributed by atoms with Gasteiger partial charge in [0.2, 0.25) is 0 Å². The minimum Gasteiger partial charge on any atom is -0.397 e. The van der Waals surface area contributed by atoms with E-state index in [1.807, 2.05) is 38.1 Å². The molecule has 0 spiro atoms. The van der Waals surface area contributed by atoms with Crippen LogP contribution in [-0.2, 0) is 4.18 Å². The molecule has 0 atom stereocenters. The molecule has 0 aromatic heterocycles. The second-order valence-corrected chi connectivity index (χ2v) is 3.83. The molecule has 0 radical (unpaired) electrons. The molecule has 0 bridgehead atoms. The van der Waals surface area contributed by atoms with Gasteiger partial charge in [0, 0.05) is 11.8 Å². The Balaban J connectivity index is 2.61. The van der Waals surface area contributed by atoms with Crippen LogP contribution in [0.5, 0.6) is 0 Å². The lowest BCUT2D eigenvalue weighted by Crippen LogP contribution is -1.79. The first kappa shape index (κ1) is 11.1. The van der Waals surface area contributed by atoms with Crippen LogP contribution in [-0.4, -0.2) is 5.75 Å². The fourth-order valence-corrected chi connectivity index (χ4v) is 1.21. The zero-order valence-corrected chi connectivity index (χ0v) is 9.10. The molecule has 0 N–H and O–H groups in total. The number of hydrogen-bond acceptors (Lipinski definition) is 2. The van der Waals surface area contributed by atoms with Gasteiger partial charge in [-0.25, -0.2) is 0 Å². The van der Waals surface area contributed by atoms with Crippen LogP contribution in [0.1, 0.15) is 18.1 Å². The van der Waals surface area contributed by atoms with Crippen molar-refractivity contribution in [3.8, 4) is 0 Å². The zero-order chi connectivity index (χ0) is 10.4. The second-order valence-electron chi connectivity index (χ2n) is 2.85. The van der Waals surface area contributed by atoms with Crippen LogP contribution in [0.4, 0.5) is 4.39 Å². The SMILES string of the molecule is CCSO/C(F)=C/c1ccc(C)cc1. The van der Waals surface area contributed by atoms with E-state index < -0.39 is 6.01 Å². The molecular weight excluding hydrogens is 199 g/mol. The third-order valence-electron chi connectivity index (χ3n) is 1.61. The Morgan fingerprint density at radius 2 is 2.07 bits per heavy atom. The summed E-state index contributed by atoms with van der Waals surface area (Å²) in [6.45, 7) is 3.90. The van der Waals surface area contributed by atoms with Gasteiger partial charge in [0.05, 0.1) is 12.0 Å². The average molecular weight is 212 g/mol. The number of rotatable bonds is 4. The molecule has 1 aromatic carbocycles. The Hall–Kier alpha value is -0.960. The zero-order valence-electron chi connectivity index (χ0n) is 8.29. The van der Waals surface area contributed by atoms with E-state index in [0.29, 0.717) is 0 Å². The molecule has 0 amide bonds. The van der Waals surface area contributed by atoms with Crippen LogP contribution in [0.25, 0.3) is 6.08 Å². The highest BCUT2D eigenvalue weighted by atomic mass is 32.2. The number of benzene rings is 1. The summed E-state index contributed by atoms with van der Waals surface area (Å²) in [4.78, 5) is 0. The Kier molecular flexibility index (Phi) is 4.53. The molecular formula is C11H13FOS. The van der Waals surface area contributed by atoms with Crippen molar-refractivity contribution >= 4 is 18.1 Å². The van der Waals surface area contributed by atoms with Crippen LogP contribution in [0.3, 0.4) is 0 Å². The van der Waals surface area contributed by atoms with Crippen molar-refractivity contribution < 1.29 is 8.57 Å². The summed E-state index contributed by atoms with van der Waals surface area (Å²) in [5, 5.41) is 0. The highest BCUT2D eigenvalue weighted by Gasteiger charge is 1.96. The molecule has 1 rings (SSSR count). The first-order valence-corrected chi connectivity index (χ1v) is 5.36. The maximum atomic E-state index is 13.0. The van der Waals surface area contributed by atoms with E-state index in [9.17, 15) is 4.39 Å². The van der Waals surface area contributed by atoms with Crippen LogP contribution in [0.2, 0.25) is 0 Å². The maximum Gasteiger partial charge on any atom is 0.285 e. The van der Waals surface area contributed by atoms with Crippen molar-refractivity contribution in [2.45, 2.75) is 13.8 Å². The molecule has 0 saturated carbocycles. The van der Waals surface area contributed by atoms with Gasteiger partial charge in [0.25, 0.3) is 6.01 Å². The third-order valence-corrected chi connectivity index (χ3v) is 2.13. The van der Waals surface area contributed by atoms with Gasteiger partial charge in [0.1, 0.15) is 0 Å². The Bertz CT molecular complexity index is 306. The Morgan fingerprint density at radius 1 is 1.43 bits per heavy atom. The van der Waals surface area contributed by atoms with Gasteiger partial charge in [-0.15, -0.1) is 0 Å². The van der Waals surface area contributed by atoms with E-state index in [1.165, 1.54) is 6.08 Å². The van der Waals surface area contributed by atoms with E-state index in [0.717, 1.165) is 28.9 Å². The van der Waals surface area contributed by atoms with Gasteiger partial charge in [0.15, 0.2) is 0 Å². The number of halogens is 1. The fraction of sp³-hybridized carbons (Fsp3) is 0.273. The molecule has 1 nitrogen and oxygen atoms in total. The van der Waals surface area contributed by atoms with Gasteiger partial charge >= 0.3 is 0 Å². The molecule has 0 aliphatic heterocycles. The summed E-state index contributed by atoms with van der Waals surface area (Å²) in [5.74, 6) is 0.731. The maximum absolute atomic E-state index is 13.0. The predicted octanol–water partition coefficient (Wildman–Crippen LogP) is 3.95. The summed E-state index contributed by atoms with van der Waals surface area (Å²) in [5.41, 5.74) is 1.97. The molecule has 3 heteroatoms. The first-order valence-electron chi connectivity index (χ1n) is 4.45. The van der Waals surface area contributed by atoms with Crippen molar-refractivity contribution in [1.29, 1.82) is 0 Å². The van der Waals surface area contributed by atoms with E-state index >= 15 is 0 Å². The van der Waals surface area contributed by atoms with E-state index in [2.05, 4.69) is 0 Å². The van der Waals surface area contributed by atoms with Gasteiger partial charge in [-0.2, -0.15) is 4.39 Å². The smallest absolute Gasteiger partial charge is 0.285 e. The standard InChI is InChI=1S/C11H13FOS/c1-3-14-13-11(12)8-10-6-4-9(2)5-7-10/h4-8H,3H2,1-2H3/b11-8+. The molecule has 0 saturated heterocycles. The second kappa shape index (κ2) is 5.70. The summed E-state index contributed by atoms with van der Waals surface area (Å²) in [7, 11) is 0. The summed E-state index contributed by atoms with van der Waals surface area (Å²) in [6, 6.07) is 7.03. The topological polar surface area (TPSA) is 9.23 Å². The Labute approximate surface area is 88.2 Å². The third kappa shape index (κ3) is 3.83. The van der Waals surface area contributed by atoms with Crippen LogP contribution >= 0.6 is 12.0 Å². The van der Waals surface area contributed by atoms with Crippen LogP contribution < -0.4 is 0 Å². The van der Waals surface area contributed by atoms with Crippen molar-refractivity contribution in [3.63, 3.8) is 0 Å². The number of hydrogen-bond donors (Lipinski definition) is 0. The highest BCUT2D eigenvalue weighted by molar-refractivity contribution is 7.94. The molecule has 1 aromatic rings. The van der Waals surface area contributed by atoms with Crippen LogP contribution in [0, 0.1) is 6.92 Å². The minimum absolute atomic E-state index is 0.555. The van der Waals surface area contributed by atoms with Gasteiger partial charge < -0.3 is 4.18 Å². The summed E-state index contributed by atoms with van der Waals surface area (Å²) in [6.07, 6.45) is 1.38. The van der Waals surface area contributed by atoms with Gasteiger partial charge in [-0.1, -0.05) is 36.8 Å². The van der Waals surface area contributed by atoms with Crippen molar-refractivity contribution in [3.05, 3.63) is 41.4 Å². The van der Waals surface area contributed by atoms with Crippen molar-refractivity contribution in [2.75, 3.05) is 5.75 Å². The molecule has 0 heterocycles. The number of aryl methyl sites for hydroxylation is 1. The molecule has 0 aliphatic rings. The first-order chi connectivity index (χ1) is 6.72. The lowest BCUT2D eigenvalue weighted by molar-refractivity contribution is 0.351. The highest BCUT2D eigenvalue weighted by Crippen LogP contribution is 2.15. The van der Waals surface area contributed by atoms with E-state index in [4.69, 9.17) is 4.18 Å². The molecule has 0 fully saturated rings. The van der Waals surface area contributed by atoms with E-state index in [1.54, 1.807) is 0 Å². The quantitative estimate of drug-likeness (QED) is 0.552. The van der Waals surface area contributed by atoms with Crippen molar-refractivity contribution in [1.82, 2.24) is 0 Å². The minimum atomic E-state index is -0.555. The molecule has 0 aliphatic carbocycles. The van der Waals surface area contributed by atoms with Gasteiger partial charge in [-0.3, -0.25) is 0 Å². The lowest BCUT2D eigenvalue weighted by Gasteiger charge is -1.98. The average Bonchev–Trinajstić information content (AvgIpc) is 2.18. The summed E-state index contributed by atoms with van der Waals surface area (Å²) >= 11 is 1.10. The predicted molar refractivity (Wildman–Crippen MR) is 59.5 cm³/mol. The monoisotopic (exact) mass is 212 g/mol. The van der Waals surface area contributed by atoms with Crippen molar-refractivity contribution in [2.24, 2.45) is 0 Å². The Morgan fingerprint density at radius 3 is 2.64 bits per heavy atom. The summed E-state index contributed by atoms with van der Waals surface area (Å²) < 4.78 is 17.7. The largest absolute Gasteiger partial charge is 0.397 e. The fourth-order valence-electron chi connectivity index (χ4n) is 0.933. The molecule has 76 valence electrons.